The van der Waals surface area contributed by atoms with Crippen LogP contribution in [0.1, 0.15) is 62.0 Å². The van der Waals surface area contributed by atoms with Gasteiger partial charge in [-0.05, 0) is 37.4 Å². The van der Waals surface area contributed by atoms with Crippen LogP contribution < -0.4 is 5.73 Å². The average Bonchev–Trinajstić information content (AvgIpc) is 2.97. The first-order valence-corrected chi connectivity index (χ1v) is 6.90. The molecular formula is C12H19N5S. The number of nitrogens with zero attached hydrogens (tertiary/aromatic N) is 4. The monoisotopic (exact) mass is 265 g/mol. The molecule has 5 nitrogen and oxygen atoms in total. The molecule has 0 aliphatic carbocycles. The normalized spacial score (nSPS) is 13.5. The summed E-state index contributed by atoms with van der Waals surface area (Å²) in [5.41, 5.74) is 8.35. The maximum atomic E-state index is 6.35. The summed E-state index contributed by atoms with van der Waals surface area (Å²) in [6.07, 6.45) is 1.79. The summed E-state index contributed by atoms with van der Waals surface area (Å²) in [4.78, 5) is 1.03. The largest absolute Gasteiger partial charge is 0.318 e. The Morgan fingerprint density at radius 3 is 2.61 bits per heavy atom. The van der Waals surface area contributed by atoms with Crippen LogP contribution in [0.2, 0.25) is 0 Å². The third kappa shape index (κ3) is 2.30. The Morgan fingerprint density at radius 2 is 2.00 bits per heavy atom. The highest BCUT2D eigenvalue weighted by molar-refractivity contribution is 7.05. The maximum absolute atomic E-state index is 6.35. The molecule has 2 aromatic rings. The van der Waals surface area contributed by atoms with Gasteiger partial charge in [0.05, 0.1) is 22.3 Å². The van der Waals surface area contributed by atoms with Gasteiger partial charge in [0.25, 0.3) is 0 Å². The second-order valence-corrected chi connectivity index (χ2v) is 5.73. The summed E-state index contributed by atoms with van der Waals surface area (Å²) in [5.74, 6) is 0.334. The van der Waals surface area contributed by atoms with Crippen LogP contribution in [0.15, 0.2) is 12.3 Å². The fraction of sp³-hybridized carbons (Fsp3) is 0.583. The fourth-order valence-electron chi connectivity index (χ4n) is 1.96. The van der Waals surface area contributed by atoms with Crippen molar-refractivity contribution in [1.29, 1.82) is 0 Å². The van der Waals surface area contributed by atoms with Gasteiger partial charge in [-0.3, -0.25) is 4.68 Å². The van der Waals surface area contributed by atoms with Crippen molar-refractivity contribution in [3.05, 3.63) is 28.5 Å². The zero-order valence-electron chi connectivity index (χ0n) is 11.2. The molecule has 0 saturated heterocycles. The Labute approximate surface area is 111 Å². The SMILES string of the molecule is CC(C)c1nnsc1C(N)c1ccnn1C(C)C. The van der Waals surface area contributed by atoms with Crippen LogP contribution in [0, 0.1) is 0 Å². The summed E-state index contributed by atoms with van der Waals surface area (Å²) in [5, 5.41) is 8.50. The molecule has 2 rings (SSSR count). The summed E-state index contributed by atoms with van der Waals surface area (Å²) in [6, 6.07) is 2.06. The number of aromatic nitrogens is 4. The van der Waals surface area contributed by atoms with Gasteiger partial charge in [0, 0.05) is 12.2 Å². The lowest BCUT2D eigenvalue weighted by molar-refractivity contribution is 0.499. The predicted molar refractivity (Wildman–Crippen MR) is 72.6 cm³/mol. The van der Waals surface area contributed by atoms with Gasteiger partial charge >= 0.3 is 0 Å². The highest BCUT2D eigenvalue weighted by atomic mass is 32.1. The number of rotatable bonds is 4. The standard InChI is InChI=1S/C12H19N5S/c1-7(2)11-12(18-16-15-11)10(13)9-5-6-14-17(9)8(3)4/h5-8,10H,13H2,1-4H3. The minimum absolute atomic E-state index is 0.202. The van der Waals surface area contributed by atoms with Crippen LogP contribution in [-0.2, 0) is 0 Å². The molecular weight excluding hydrogens is 246 g/mol. The molecule has 0 aromatic carbocycles. The molecule has 2 heterocycles. The van der Waals surface area contributed by atoms with Crippen LogP contribution in [0.3, 0.4) is 0 Å². The van der Waals surface area contributed by atoms with E-state index in [9.17, 15) is 0 Å². The summed E-state index contributed by atoms with van der Waals surface area (Å²) >= 11 is 1.38. The van der Waals surface area contributed by atoms with Crippen molar-refractivity contribution in [2.24, 2.45) is 5.73 Å². The number of hydrogen-bond acceptors (Lipinski definition) is 5. The highest BCUT2D eigenvalue weighted by Crippen LogP contribution is 2.29. The van der Waals surface area contributed by atoms with Crippen molar-refractivity contribution < 1.29 is 0 Å². The fourth-order valence-corrected chi connectivity index (χ4v) is 2.78. The van der Waals surface area contributed by atoms with Gasteiger partial charge in [0.1, 0.15) is 0 Å². The summed E-state index contributed by atoms with van der Waals surface area (Å²) in [6.45, 7) is 8.40. The lowest BCUT2D eigenvalue weighted by Crippen LogP contribution is -2.19. The van der Waals surface area contributed by atoms with E-state index < -0.39 is 0 Å². The van der Waals surface area contributed by atoms with Crippen LogP contribution in [0.4, 0.5) is 0 Å². The highest BCUT2D eigenvalue weighted by Gasteiger charge is 2.22. The number of hydrogen-bond donors (Lipinski definition) is 1. The second kappa shape index (κ2) is 5.16. The van der Waals surface area contributed by atoms with Gasteiger partial charge in [-0.25, -0.2) is 0 Å². The third-order valence-electron chi connectivity index (χ3n) is 2.88. The van der Waals surface area contributed by atoms with E-state index in [4.69, 9.17) is 5.73 Å². The van der Waals surface area contributed by atoms with E-state index in [0.29, 0.717) is 12.0 Å². The molecule has 18 heavy (non-hydrogen) atoms. The minimum Gasteiger partial charge on any atom is -0.318 e. The van der Waals surface area contributed by atoms with Crippen molar-refractivity contribution in [3.63, 3.8) is 0 Å². The van der Waals surface area contributed by atoms with Crippen LogP contribution in [0.25, 0.3) is 0 Å². The van der Waals surface area contributed by atoms with Crippen molar-refractivity contribution in [2.75, 3.05) is 0 Å². The molecule has 98 valence electrons. The van der Waals surface area contributed by atoms with E-state index in [0.717, 1.165) is 16.3 Å². The molecule has 0 bridgehead atoms. The van der Waals surface area contributed by atoms with Gasteiger partial charge in [0.2, 0.25) is 0 Å². The first-order chi connectivity index (χ1) is 8.52. The third-order valence-corrected chi connectivity index (χ3v) is 3.70. The van der Waals surface area contributed by atoms with Crippen LogP contribution in [-0.4, -0.2) is 19.4 Å². The Bertz CT molecular complexity index is 468. The predicted octanol–water partition coefficient (Wildman–Crippen LogP) is 2.49. The van der Waals surface area contributed by atoms with E-state index in [-0.39, 0.29) is 6.04 Å². The quantitative estimate of drug-likeness (QED) is 0.922. The first kappa shape index (κ1) is 13.2. The van der Waals surface area contributed by atoms with Gasteiger partial charge in [-0.2, -0.15) is 5.10 Å². The lowest BCUT2D eigenvalue weighted by Gasteiger charge is -2.16. The van der Waals surface area contributed by atoms with E-state index in [1.807, 2.05) is 10.7 Å². The van der Waals surface area contributed by atoms with Crippen LogP contribution in [0.5, 0.6) is 0 Å². The molecule has 0 spiro atoms. The van der Waals surface area contributed by atoms with E-state index in [1.54, 1.807) is 6.20 Å². The molecule has 0 radical (unpaired) electrons. The Kier molecular flexibility index (Phi) is 3.77. The Morgan fingerprint density at radius 1 is 1.28 bits per heavy atom. The van der Waals surface area contributed by atoms with Crippen molar-refractivity contribution in [2.45, 2.75) is 45.7 Å². The summed E-state index contributed by atoms with van der Waals surface area (Å²) in [7, 11) is 0. The molecule has 1 atom stereocenters. The van der Waals surface area contributed by atoms with E-state index in [2.05, 4.69) is 42.4 Å². The molecule has 2 N–H and O–H groups in total. The molecule has 0 amide bonds. The van der Waals surface area contributed by atoms with Crippen molar-refractivity contribution in [1.82, 2.24) is 19.4 Å². The molecule has 1 unspecified atom stereocenters. The van der Waals surface area contributed by atoms with Gasteiger partial charge < -0.3 is 5.73 Å². The van der Waals surface area contributed by atoms with Gasteiger partial charge in [-0.1, -0.05) is 18.3 Å². The molecule has 0 saturated carbocycles. The molecule has 6 heteroatoms. The van der Waals surface area contributed by atoms with Crippen LogP contribution >= 0.6 is 11.5 Å². The first-order valence-electron chi connectivity index (χ1n) is 6.13. The average molecular weight is 265 g/mol. The van der Waals surface area contributed by atoms with E-state index >= 15 is 0 Å². The lowest BCUT2D eigenvalue weighted by atomic mass is 10.0. The van der Waals surface area contributed by atoms with Crippen molar-refractivity contribution >= 4 is 11.5 Å². The van der Waals surface area contributed by atoms with Gasteiger partial charge in [-0.15, -0.1) is 5.10 Å². The number of nitrogens with two attached hydrogens (primary N) is 1. The zero-order valence-corrected chi connectivity index (χ0v) is 12.0. The Balaban J connectivity index is 2.39. The summed E-state index contributed by atoms with van der Waals surface area (Å²) < 4.78 is 5.98. The molecule has 2 aromatic heterocycles. The zero-order chi connectivity index (χ0) is 13.3. The molecule has 0 aliphatic rings. The topological polar surface area (TPSA) is 69.6 Å². The van der Waals surface area contributed by atoms with Crippen molar-refractivity contribution in [3.8, 4) is 0 Å². The maximum Gasteiger partial charge on any atom is 0.0852 e. The molecule has 0 aliphatic heterocycles. The smallest absolute Gasteiger partial charge is 0.0852 e. The van der Waals surface area contributed by atoms with E-state index in [1.165, 1.54) is 11.5 Å². The second-order valence-electron chi connectivity index (χ2n) is 4.95. The molecule has 0 fully saturated rings. The Hall–Kier alpha value is -1.27. The van der Waals surface area contributed by atoms with Gasteiger partial charge in [0.15, 0.2) is 0 Å². The minimum atomic E-state index is -0.202.